The number of nitrogens with zero attached hydrogens (tertiary/aromatic N) is 3. The third-order valence-electron chi connectivity index (χ3n) is 3.60. The lowest BCUT2D eigenvalue weighted by Crippen LogP contribution is -2.44. The number of amides is 1. The van der Waals surface area contributed by atoms with E-state index in [1.807, 2.05) is 27.7 Å². The largest absolute Gasteiger partial charge is 0.383 e. The first-order valence-electron chi connectivity index (χ1n) is 8.58. The van der Waals surface area contributed by atoms with Crippen LogP contribution in [0.15, 0.2) is 17.4 Å². The normalized spacial score (nSPS) is 14.8. The van der Waals surface area contributed by atoms with E-state index < -0.39 is 11.0 Å². The Kier molecular flexibility index (Phi) is 7.41. The van der Waals surface area contributed by atoms with Gasteiger partial charge in [0.2, 0.25) is 5.91 Å². The molecule has 0 saturated heterocycles. The molecule has 1 unspecified atom stereocenters. The third-order valence-corrected chi connectivity index (χ3v) is 3.60. The van der Waals surface area contributed by atoms with Crippen LogP contribution in [0.1, 0.15) is 40.2 Å². The van der Waals surface area contributed by atoms with Crippen LogP contribution in [-0.2, 0) is 17.4 Å². The lowest BCUT2D eigenvalue weighted by atomic mass is 9.96. The van der Waals surface area contributed by atoms with Crippen molar-refractivity contribution in [3.63, 3.8) is 0 Å². The van der Waals surface area contributed by atoms with Crippen LogP contribution in [0, 0.1) is 5.41 Å². The first-order chi connectivity index (χ1) is 11.6. The van der Waals surface area contributed by atoms with Crippen molar-refractivity contribution in [1.29, 1.82) is 0 Å². The SMILES string of the molecule is CCNC(=NCC(C)(O)c1cnn(C)c1)NCCNC(=O)C(C)(C)C. The van der Waals surface area contributed by atoms with Crippen LogP contribution >= 0.6 is 0 Å². The number of aliphatic hydroxyl groups is 1. The average Bonchev–Trinajstić information content (AvgIpc) is 2.95. The molecule has 4 N–H and O–H groups in total. The number of carbonyl (C=O) groups excluding carboxylic acids is 1. The number of hydrogen-bond acceptors (Lipinski definition) is 4. The van der Waals surface area contributed by atoms with Crippen molar-refractivity contribution in [1.82, 2.24) is 25.7 Å². The molecule has 8 nitrogen and oxygen atoms in total. The summed E-state index contributed by atoms with van der Waals surface area (Å²) in [6.45, 7) is 11.3. The number of rotatable bonds is 7. The molecule has 142 valence electrons. The smallest absolute Gasteiger partial charge is 0.225 e. The molecule has 0 aromatic carbocycles. The van der Waals surface area contributed by atoms with Crippen molar-refractivity contribution in [3.05, 3.63) is 18.0 Å². The van der Waals surface area contributed by atoms with E-state index in [9.17, 15) is 9.90 Å². The van der Waals surface area contributed by atoms with Gasteiger partial charge in [-0.3, -0.25) is 9.48 Å². The van der Waals surface area contributed by atoms with Gasteiger partial charge < -0.3 is 21.1 Å². The summed E-state index contributed by atoms with van der Waals surface area (Å²) in [6.07, 6.45) is 3.41. The highest BCUT2D eigenvalue weighted by Crippen LogP contribution is 2.19. The lowest BCUT2D eigenvalue weighted by Gasteiger charge is -2.21. The molecule has 8 heteroatoms. The first-order valence-corrected chi connectivity index (χ1v) is 8.58. The Morgan fingerprint density at radius 2 is 1.88 bits per heavy atom. The van der Waals surface area contributed by atoms with E-state index in [1.165, 1.54) is 0 Å². The first kappa shape index (κ1) is 21.0. The summed E-state index contributed by atoms with van der Waals surface area (Å²) in [5.74, 6) is 0.604. The molecule has 0 aliphatic carbocycles. The summed E-state index contributed by atoms with van der Waals surface area (Å²) in [4.78, 5) is 16.3. The van der Waals surface area contributed by atoms with Gasteiger partial charge in [-0.2, -0.15) is 5.10 Å². The zero-order chi connectivity index (χ0) is 19.1. The van der Waals surface area contributed by atoms with E-state index in [4.69, 9.17) is 0 Å². The fourth-order valence-electron chi connectivity index (χ4n) is 1.99. The molecule has 0 bridgehead atoms. The molecule has 0 fully saturated rings. The Labute approximate surface area is 150 Å². The minimum Gasteiger partial charge on any atom is -0.383 e. The molecule has 0 saturated carbocycles. The van der Waals surface area contributed by atoms with Crippen LogP contribution in [0.4, 0.5) is 0 Å². The fourth-order valence-corrected chi connectivity index (χ4v) is 1.99. The van der Waals surface area contributed by atoms with Gasteiger partial charge in [-0.15, -0.1) is 0 Å². The van der Waals surface area contributed by atoms with Gasteiger partial charge >= 0.3 is 0 Å². The van der Waals surface area contributed by atoms with Crippen LogP contribution in [-0.4, -0.2) is 52.9 Å². The minimum atomic E-state index is -1.10. The third kappa shape index (κ3) is 7.13. The average molecular weight is 352 g/mol. The molecule has 0 spiro atoms. The van der Waals surface area contributed by atoms with Crippen molar-refractivity contribution in [2.45, 2.75) is 40.2 Å². The monoisotopic (exact) mass is 352 g/mol. The number of aliphatic imine (C=N–C) groups is 1. The highest BCUT2D eigenvalue weighted by Gasteiger charge is 2.24. The van der Waals surface area contributed by atoms with Crippen LogP contribution in [0.25, 0.3) is 0 Å². The summed E-state index contributed by atoms with van der Waals surface area (Å²) < 4.78 is 1.65. The molecule has 1 aromatic rings. The number of guanidine groups is 1. The highest BCUT2D eigenvalue weighted by atomic mass is 16.3. The van der Waals surface area contributed by atoms with Gasteiger partial charge in [-0.1, -0.05) is 20.8 Å². The van der Waals surface area contributed by atoms with E-state index in [-0.39, 0.29) is 12.5 Å². The highest BCUT2D eigenvalue weighted by molar-refractivity contribution is 5.81. The summed E-state index contributed by atoms with van der Waals surface area (Å²) in [6, 6.07) is 0. The van der Waals surface area contributed by atoms with Crippen LogP contribution in [0.5, 0.6) is 0 Å². The molecular formula is C17H32N6O2. The van der Waals surface area contributed by atoms with Crippen molar-refractivity contribution >= 4 is 11.9 Å². The lowest BCUT2D eigenvalue weighted by molar-refractivity contribution is -0.128. The fraction of sp³-hybridized carbons (Fsp3) is 0.706. The maximum atomic E-state index is 11.8. The molecule has 0 aliphatic heterocycles. The summed E-state index contributed by atoms with van der Waals surface area (Å²) >= 11 is 0. The molecular weight excluding hydrogens is 320 g/mol. The Bertz CT molecular complexity index is 586. The zero-order valence-corrected chi connectivity index (χ0v) is 16.2. The van der Waals surface area contributed by atoms with Crippen molar-refractivity contribution in [3.8, 4) is 0 Å². The molecule has 1 atom stereocenters. The van der Waals surface area contributed by atoms with Gasteiger partial charge in [-0.05, 0) is 13.8 Å². The van der Waals surface area contributed by atoms with Crippen molar-refractivity contribution < 1.29 is 9.90 Å². The van der Waals surface area contributed by atoms with E-state index in [0.29, 0.717) is 31.2 Å². The quantitative estimate of drug-likeness (QED) is 0.322. The summed E-state index contributed by atoms with van der Waals surface area (Å²) in [5.41, 5.74) is -0.787. The molecule has 1 amide bonds. The van der Waals surface area contributed by atoms with Gasteiger partial charge in [0, 0.05) is 43.9 Å². The maximum absolute atomic E-state index is 11.8. The molecule has 1 rings (SSSR count). The van der Waals surface area contributed by atoms with Gasteiger partial charge in [-0.25, -0.2) is 4.99 Å². The number of nitrogens with one attached hydrogen (secondary N) is 3. The molecule has 0 radical (unpaired) electrons. The van der Waals surface area contributed by atoms with Gasteiger partial charge in [0.05, 0.1) is 12.7 Å². The van der Waals surface area contributed by atoms with Crippen molar-refractivity contribution in [2.75, 3.05) is 26.2 Å². The zero-order valence-electron chi connectivity index (χ0n) is 16.2. The van der Waals surface area contributed by atoms with Crippen LogP contribution in [0.3, 0.4) is 0 Å². The van der Waals surface area contributed by atoms with E-state index in [1.54, 1.807) is 31.0 Å². The van der Waals surface area contributed by atoms with Gasteiger partial charge in [0.1, 0.15) is 5.60 Å². The molecule has 25 heavy (non-hydrogen) atoms. The topological polar surface area (TPSA) is 104 Å². The molecule has 1 aromatic heterocycles. The molecule has 1 heterocycles. The maximum Gasteiger partial charge on any atom is 0.225 e. The van der Waals surface area contributed by atoms with E-state index in [2.05, 4.69) is 26.0 Å². The second-order valence-electron chi connectivity index (χ2n) is 7.30. The Hall–Kier alpha value is -2.09. The number of hydrogen-bond donors (Lipinski definition) is 4. The van der Waals surface area contributed by atoms with Crippen LogP contribution < -0.4 is 16.0 Å². The van der Waals surface area contributed by atoms with Gasteiger partial charge in [0.15, 0.2) is 5.96 Å². The standard InChI is InChI=1S/C17H32N6O2/c1-7-18-15(20-9-8-19-14(24)16(2,3)4)21-12-17(5,25)13-10-22-23(6)11-13/h10-11,25H,7-9,12H2,1-6H3,(H,19,24)(H2,18,20,21). The molecule has 0 aliphatic rings. The van der Waals surface area contributed by atoms with E-state index >= 15 is 0 Å². The predicted molar refractivity (Wildman–Crippen MR) is 99.2 cm³/mol. The van der Waals surface area contributed by atoms with Crippen molar-refractivity contribution in [2.24, 2.45) is 17.5 Å². The Morgan fingerprint density at radius 1 is 1.24 bits per heavy atom. The number of carbonyl (C=O) groups is 1. The minimum absolute atomic E-state index is 0.00995. The second kappa shape index (κ2) is 8.84. The number of aromatic nitrogens is 2. The predicted octanol–water partition coefficient (Wildman–Crippen LogP) is 0.345. The van der Waals surface area contributed by atoms with Crippen LogP contribution in [0.2, 0.25) is 0 Å². The summed E-state index contributed by atoms with van der Waals surface area (Å²) in [7, 11) is 1.81. The van der Waals surface area contributed by atoms with E-state index in [0.717, 1.165) is 0 Å². The Balaban J connectivity index is 2.55. The summed E-state index contributed by atoms with van der Waals surface area (Å²) in [5, 5.41) is 23.8. The second-order valence-corrected chi connectivity index (χ2v) is 7.30. The Morgan fingerprint density at radius 3 is 2.40 bits per heavy atom. The van der Waals surface area contributed by atoms with Gasteiger partial charge in [0.25, 0.3) is 0 Å². The number of aryl methyl sites for hydroxylation is 1.